The maximum atomic E-state index is 13.5. The van der Waals surface area contributed by atoms with Crippen LogP contribution in [0.25, 0.3) is 0 Å². The van der Waals surface area contributed by atoms with Gasteiger partial charge in [-0.15, -0.1) is 11.3 Å². The number of carbonyl (C=O) groups is 2. The van der Waals surface area contributed by atoms with E-state index in [1.807, 2.05) is 17.6 Å². The van der Waals surface area contributed by atoms with Crippen molar-refractivity contribution in [2.75, 3.05) is 6.54 Å². The molecule has 0 saturated carbocycles. The van der Waals surface area contributed by atoms with Gasteiger partial charge in [0.25, 0.3) is 6.47 Å². The zero-order valence-corrected chi connectivity index (χ0v) is 18.8. The predicted molar refractivity (Wildman–Crippen MR) is 121 cm³/mol. The Hall–Kier alpha value is -2.58. The summed E-state index contributed by atoms with van der Waals surface area (Å²) >= 11 is 1.61. The van der Waals surface area contributed by atoms with Gasteiger partial charge in [-0.1, -0.05) is 11.6 Å². The van der Waals surface area contributed by atoms with E-state index in [1.54, 1.807) is 23.7 Å². The number of rotatable bonds is 7. The van der Waals surface area contributed by atoms with Gasteiger partial charge >= 0.3 is 0 Å². The number of amides is 1. The van der Waals surface area contributed by atoms with Gasteiger partial charge in [0.1, 0.15) is 0 Å². The number of nitrogens with one attached hydrogen (secondary N) is 1. The third-order valence-corrected chi connectivity index (χ3v) is 6.86. The molecular weight excluding hydrogens is 412 g/mol. The summed E-state index contributed by atoms with van der Waals surface area (Å²) in [6, 6.07) is 4.68. The number of aromatic nitrogens is 2. The van der Waals surface area contributed by atoms with Crippen LogP contribution < -0.4 is 5.32 Å². The molecular formula is C23H30N4O3S. The van der Waals surface area contributed by atoms with Crippen molar-refractivity contribution in [3.8, 4) is 0 Å². The van der Waals surface area contributed by atoms with Crippen molar-refractivity contribution < 1.29 is 14.7 Å². The smallest absolute Gasteiger partial charge is 0.290 e. The molecule has 31 heavy (non-hydrogen) atoms. The molecule has 1 amide bonds. The average molecular weight is 443 g/mol. The lowest BCUT2D eigenvalue weighted by Crippen LogP contribution is -2.50. The van der Waals surface area contributed by atoms with E-state index in [9.17, 15) is 4.79 Å². The summed E-state index contributed by atoms with van der Waals surface area (Å²) in [5.74, 6) is 0.173. The maximum Gasteiger partial charge on any atom is 0.290 e. The fourth-order valence-electron chi connectivity index (χ4n) is 4.89. The van der Waals surface area contributed by atoms with Crippen LogP contribution in [0.5, 0.6) is 0 Å². The second-order valence-corrected chi connectivity index (χ2v) is 9.10. The molecule has 2 aliphatic rings. The molecule has 4 rings (SSSR count). The highest BCUT2D eigenvalue weighted by atomic mass is 32.1. The molecule has 2 N–H and O–H groups in total. The van der Waals surface area contributed by atoms with Crippen LogP contribution in [-0.2, 0) is 22.6 Å². The number of carboxylic acid groups (broad SMARTS) is 1. The van der Waals surface area contributed by atoms with E-state index in [0.717, 1.165) is 37.1 Å². The van der Waals surface area contributed by atoms with Crippen LogP contribution in [0.15, 0.2) is 47.1 Å². The summed E-state index contributed by atoms with van der Waals surface area (Å²) < 4.78 is 0. The summed E-state index contributed by atoms with van der Waals surface area (Å²) in [5, 5.41) is 12.2. The molecule has 4 heterocycles. The Labute approximate surface area is 187 Å². The van der Waals surface area contributed by atoms with Gasteiger partial charge in [-0.2, -0.15) is 0 Å². The van der Waals surface area contributed by atoms with Gasteiger partial charge < -0.3 is 10.4 Å². The lowest BCUT2D eigenvalue weighted by molar-refractivity contribution is -0.133. The summed E-state index contributed by atoms with van der Waals surface area (Å²) in [4.78, 5) is 33.0. The highest BCUT2D eigenvalue weighted by Crippen LogP contribution is 2.51. The molecule has 2 aromatic heterocycles. The van der Waals surface area contributed by atoms with Gasteiger partial charge in [-0.25, -0.2) is 4.98 Å². The molecule has 0 unspecified atom stereocenters. The topological polar surface area (TPSA) is 95.4 Å². The molecule has 166 valence electrons. The molecule has 2 saturated heterocycles. The molecule has 8 heteroatoms. The van der Waals surface area contributed by atoms with E-state index in [4.69, 9.17) is 9.90 Å². The monoisotopic (exact) mass is 442 g/mol. The van der Waals surface area contributed by atoms with Gasteiger partial charge in [0.2, 0.25) is 5.91 Å². The van der Waals surface area contributed by atoms with Gasteiger partial charge in [0.05, 0.1) is 16.6 Å². The molecule has 0 aromatic carbocycles. The van der Waals surface area contributed by atoms with E-state index in [2.05, 4.69) is 45.5 Å². The molecule has 2 aliphatic heterocycles. The van der Waals surface area contributed by atoms with Gasteiger partial charge in [0, 0.05) is 49.4 Å². The van der Waals surface area contributed by atoms with E-state index < -0.39 is 0 Å². The van der Waals surface area contributed by atoms with E-state index in [0.29, 0.717) is 12.6 Å². The molecule has 0 aliphatic carbocycles. The van der Waals surface area contributed by atoms with Crippen molar-refractivity contribution in [3.05, 3.63) is 58.3 Å². The molecule has 0 radical (unpaired) electrons. The minimum Gasteiger partial charge on any atom is -0.483 e. The number of hydrogen-bond donors (Lipinski definition) is 2. The van der Waals surface area contributed by atoms with Crippen molar-refractivity contribution in [2.24, 2.45) is 5.41 Å². The van der Waals surface area contributed by atoms with Gasteiger partial charge in [0.15, 0.2) is 0 Å². The van der Waals surface area contributed by atoms with Gasteiger partial charge in [-0.05, 0) is 50.8 Å². The van der Waals surface area contributed by atoms with Crippen LogP contribution in [0.4, 0.5) is 0 Å². The minimum atomic E-state index is -0.389. The van der Waals surface area contributed by atoms with Crippen LogP contribution in [0.1, 0.15) is 44.4 Å². The van der Waals surface area contributed by atoms with Crippen molar-refractivity contribution in [1.29, 1.82) is 0 Å². The molecule has 2 bridgehead atoms. The minimum absolute atomic E-state index is 0.173. The first kappa shape index (κ1) is 23.1. The van der Waals surface area contributed by atoms with Gasteiger partial charge in [-0.3, -0.25) is 19.5 Å². The van der Waals surface area contributed by atoms with Crippen LogP contribution >= 0.6 is 11.3 Å². The Kier molecular flexibility index (Phi) is 7.92. The lowest BCUT2D eigenvalue weighted by atomic mass is 9.70. The summed E-state index contributed by atoms with van der Waals surface area (Å²) in [7, 11) is 0. The van der Waals surface area contributed by atoms with Crippen molar-refractivity contribution in [3.63, 3.8) is 0 Å². The van der Waals surface area contributed by atoms with Crippen LogP contribution in [0.2, 0.25) is 0 Å². The number of nitrogens with zero attached hydrogens (tertiary/aromatic N) is 3. The third-order valence-electron chi connectivity index (χ3n) is 6.23. The van der Waals surface area contributed by atoms with E-state index in [-0.39, 0.29) is 23.8 Å². The van der Waals surface area contributed by atoms with Crippen molar-refractivity contribution >= 4 is 23.7 Å². The first-order valence-corrected chi connectivity index (χ1v) is 11.5. The molecule has 2 fully saturated rings. The summed E-state index contributed by atoms with van der Waals surface area (Å²) in [5.41, 5.74) is 4.93. The zero-order valence-electron chi connectivity index (χ0n) is 18.0. The van der Waals surface area contributed by atoms with Crippen molar-refractivity contribution in [2.45, 2.75) is 58.2 Å². The number of hydrogen-bond acceptors (Lipinski definition) is 6. The quantitative estimate of drug-likeness (QED) is 0.505. The highest BCUT2D eigenvalue weighted by molar-refractivity contribution is 7.07. The largest absolute Gasteiger partial charge is 0.483 e. The zero-order chi connectivity index (χ0) is 22.3. The first-order valence-electron chi connectivity index (χ1n) is 10.5. The molecule has 3 atom stereocenters. The number of pyridine rings is 1. The molecule has 7 nitrogen and oxygen atoms in total. The Balaban J connectivity index is 0.000000858. The summed E-state index contributed by atoms with van der Waals surface area (Å²) in [6.07, 6.45) is 9.76. The Bertz CT molecular complexity index is 883. The normalized spacial score (nSPS) is 24.2. The number of fused-ring (bicyclic) bond motifs is 2. The number of thiazole rings is 1. The molecule has 2 aromatic rings. The third kappa shape index (κ3) is 5.37. The van der Waals surface area contributed by atoms with E-state index in [1.165, 1.54) is 12.0 Å². The van der Waals surface area contributed by atoms with Crippen LogP contribution in [0, 0.1) is 5.41 Å². The molecule has 0 spiro atoms. The second-order valence-electron chi connectivity index (χ2n) is 8.39. The van der Waals surface area contributed by atoms with E-state index >= 15 is 0 Å². The Morgan fingerprint density at radius 2 is 2.10 bits per heavy atom. The van der Waals surface area contributed by atoms with Crippen LogP contribution in [-0.4, -0.2) is 51.0 Å². The lowest BCUT2D eigenvalue weighted by Gasteiger charge is -2.36. The summed E-state index contributed by atoms with van der Waals surface area (Å²) in [6.45, 7) is 5.52. The average Bonchev–Trinajstić information content (AvgIpc) is 3.48. The number of allylic oxidation sites excluding steroid dienone is 1. The predicted octanol–water partition coefficient (Wildman–Crippen LogP) is 3.29. The van der Waals surface area contributed by atoms with Crippen molar-refractivity contribution in [1.82, 2.24) is 20.2 Å². The first-order chi connectivity index (χ1) is 15.0. The standard InChI is InChI=1S/C22H28N4OS.CH2O2/c1-16(2)7-10-26-19-3-4-20(26)22(12-19,11-18-14-28-15-25-18)21(27)24-13-17-5-8-23-9-6-17;2-1-3/h5-9,14-15,19-20H,3-4,10-13H2,1-2H3,(H,24,27);1H,(H,2,3)/t19-,20+,22+;/m1./s1. The SMILES string of the molecule is CC(C)=CCN1[C@@H]2CC[C@H]1[C@@](Cc1cscn1)(C(=O)NCc1ccncc1)C2.O=CO. The number of carbonyl (C=O) groups excluding carboxylic acids is 1. The second kappa shape index (κ2) is 10.6. The van der Waals surface area contributed by atoms with Crippen LogP contribution in [0.3, 0.4) is 0 Å². The fraction of sp³-hybridized carbons (Fsp3) is 0.478. The highest BCUT2D eigenvalue weighted by Gasteiger charge is 2.59. The Morgan fingerprint density at radius 3 is 2.74 bits per heavy atom. The Morgan fingerprint density at radius 1 is 1.35 bits per heavy atom. The maximum absolute atomic E-state index is 13.5. The fourth-order valence-corrected chi connectivity index (χ4v) is 5.45.